The molecule has 0 spiro atoms. The second-order valence-corrected chi connectivity index (χ2v) is 5.13. The number of hydrogen-bond acceptors (Lipinski definition) is 5. The average molecular weight is 234 g/mol. The summed E-state index contributed by atoms with van der Waals surface area (Å²) < 4.78 is 0. The molecule has 0 aromatic carbocycles. The fourth-order valence-electron chi connectivity index (χ4n) is 3.21. The highest BCUT2D eigenvalue weighted by atomic mass is 16.3. The van der Waals surface area contributed by atoms with Crippen LogP contribution in [0.4, 0.5) is 11.6 Å². The first-order chi connectivity index (χ1) is 8.16. The summed E-state index contributed by atoms with van der Waals surface area (Å²) in [6.07, 6.45) is 5.36. The zero-order valence-electron chi connectivity index (χ0n) is 10.0. The van der Waals surface area contributed by atoms with Gasteiger partial charge >= 0.3 is 0 Å². The Morgan fingerprint density at radius 2 is 1.94 bits per heavy atom. The van der Waals surface area contributed by atoms with Gasteiger partial charge in [-0.05, 0) is 32.6 Å². The van der Waals surface area contributed by atoms with E-state index in [9.17, 15) is 5.11 Å². The molecule has 3 heterocycles. The van der Waals surface area contributed by atoms with Crippen molar-refractivity contribution in [1.29, 1.82) is 0 Å². The van der Waals surface area contributed by atoms with Gasteiger partial charge in [0.05, 0.1) is 6.10 Å². The molecule has 1 aromatic heterocycles. The first-order valence-corrected chi connectivity index (χ1v) is 6.20. The molecule has 1 aromatic rings. The molecule has 2 fully saturated rings. The van der Waals surface area contributed by atoms with E-state index in [0.29, 0.717) is 17.9 Å². The van der Waals surface area contributed by atoms with Gasteiger partial charge < -0.3 is 15.7 Å². The van der Waals surface area contributed by atoms with Crippen LogP contribution >= 0.6 is 0 Å². The van der Waals surface area contributed by atoms with Crippen LogP contribution in [0.25, 0.3) is 0 Å². The number of nitrogens with two attached hydrogens (primary N) is 1. The molecule has 0 radical (unpaired) electrons. The second-order valence-electron chi connectivity index (χ2n) is 5.13. The standard InChI is InChI=1S/C12H18N4O/c1-7-11(13)14-6-15-12(7)16-8-2-3-9(16)5-10(17)4-8/h6,8-10,17H,2-5H2,1H3,(H2,13,14,15). The lowest BCUT2D eigenvalue weighted by atomic mass is 9.99. The number of anilines is 2. The number of nitrogen functional groups attached to an aromatic ring is 1. The number of aliphatic hydroxyl groups is 1. The van der Waals surface area contributed by atoms with E-state index >= 15 is 0 Å². The van der Waals surface area contributed by atoms with E-state index in [4.69, 9.17) is 5.73 Å². The molecular weight excluding hydrogens is 216 g/mol. The van der Waals surface area contributed by atoms with E-state index in [-0.39, 0.29) is 6.10 Å². The van der Waals surface area contributed by atoms with Crippen molar-refractivity contribution >= 4 is 11.6 Å². The molecule has 3 rings (SSSR count). The lowest BCUT2D eigenvalue weighted by Crippen LogP contribution is -2.45. The van der Waals surface area contributed by atoms with Crippen molar-refractivity contribution in [2.75, 3.05) is 10.6 Å². The third-order valence-electron chi connectivity index (χ3n) is 4.05. The van der Waals surface area contributed by atoms with Crippen LogP contribution in [0.2, 0.25) is 0 Å². The number of nitrogens with zero attached hydrogens (tertiary/aromatic N) is 3. The summed E-state index contributed by atoms with van der Waals surface area (Å²) >= 11 is 0. The summed E-state index contributed by atoms with van der Waals surface area (Å²) in [6.45, 7) is 1.97. The largest absolute Gasteiger partial charge is 0.393 e. The summed E-state index contributed by atoms with van der Waals surface area (Å²) in [5.41, 5.74) is 6.80. The zero-order valence-corrected chi connectivity index (χ0v) is 10.0. The summed E-state index contributed by atoms with van der Waals surface area (Å²) in [5, 5.41) is 9.79. The Hall–Kier alpha value is -1.36. The molecule has 2 aliphatic rings. The van der Waals surface area contributed by atoms with E-state index < -0.39 is 0 Å². The van der Waals surface area contributed by atoms with Gasteiger partial charge in [-0.3, -0.25) is 0 Å². The normalized spacial score (nSPS) is 31.9. The number of hydrogen-bond donors (Lipinski definition) is 2. The number of aliphatic hydroxyl groups excluding tert-OH is 1. The molecule has 0 amide bonds. The molecule has 17 heavy (non-hydrogen) atoms. The molecular formula is C12H18N4O. The Morgan fingerprint density at radius 1 is 1.29 bits per heavy atom. The lowest BCUT2D eigenvalue weighted by Gasteiger charge is -2.38. The molecule has 5 heteroatoms. The highest BCUT2D eigenvalue weighted by Crippen LogP contribution is 2.39. The molecule has 2 saturated heterocycles. The Balaban J connectivity index is 1.97. The minimum atomic E-state index is -0.150. The van der Waals surface area contributed by atoms with Gasteiger partial charge in [0.25, 0.3) is 0 Å². The maximum atomic E-state index is 9.79. The zero-order chi connectivity index (χ0) is 12.0. The number of piperidine rings is 1. The lowest BCUT2D eigenvalue weighted by molar-refractivity contribution is 0.126. The Labute approximate surface area is 101 Å². The highest BCUT2D eigenvalue weighted by Gasteiger charge is 2.41. The summed E-state index contributed by atoms with van der Waals surface area (Å²) in [5.74, 6) is 1.51. The maximum absolute atomic E-state index is 9.79. The van der Waals surface area contributed by atoms with E-state index in [0.717, 1.165) is 37.1 Å². The Morgan fingerprint density at radius 3 is 2.59 bits per heavy atom. The molecule has 2 aliphatic heterocycles. The molecule has 2 bridgehead atoms. The predicted molar refractivity (Wildman–Crippen MR) is 65.7 cm³/mol. The molecule has 0 aliphatic carbocycles. The predicted octanol–water partition coefficient (Wildman–Crippen LogP) is 0.859. The molecule has 92 valence electrons. The fourth-order valence-corrected chi connectivity index (χ4v) is 3.21. The quantitative estimate of drug-likeness (QED) is 0.753. The van der Waals surface area contributed by atoms with Gasteiger partial charge in [-0.25, -0.2) is 9.97 Å². The fraction of sp³-hybridized carbons (Fsp3) is 0.667. The highest BCUT2D eigenvalue weighted by molar-refractivity contribution is 5.57. The van der Waals surface area contributed by atoms with Gasteiger partial charge in [-0.15, -0.1) is 0 Å². The van der Waals surface area contributed by atoms with Crippen LogP contribution in [-0.2, 0) is 0 Å². The van der Waals surface area contributed by atoms with E-state index in [2.05, 4.69) is 14.9 Å². The van der Waals surface area contributed by atoms with Crippen LogP contribution < -0.4 is 10.6 Å². The van der Waals surface area contributed by atoms with E-state index in [1.165, 1.54) is 6.33 Å². The summed E-state index contributed by atoms with van der Waals surface area (Å²) in [7, 11) is 0. The van der Waals surface area contributed by atoms with Crippen LogP contribution in [0.1, 0.15) is 31.2 Å². The van der Waals surface area contributed by atoms with Crippen LogP contribution in [0.3, 0.4) is 0 Å². The third-order valence-corrected chi connectivity index (χ3v) is 4.05. The maximum Gasteiger partial charge on any atom is 0.137 e. The van der Waals surface area contributed by atoms with Crippen molar-refractivity contribution in [3.8, 4) is 0 Å². The van der Waals surface area contributed by atoms with Crippen molar-refractivity contribution in [1.82, 2.24) is 9.97 Å². The number of fused-ring (bicyclic) bond motifs is 2. The van der Waals surface area contributed by atoms with Crippen molar-refractivity contribution in [3.05, 3.63) is 11.9 Å². The SMILES string of the molecule is Cc1c(N)ncnc1N1C2CCC1CC(O)C2. The Kier molecular flexibility index (Phi) is 2.43. The van der Waals surface area contributed by atoms with Gasteiger partial charge in [-0.1, -0.05) is 0 Å². The molecule has 0 saturated carbocycles. The van der Waals surface area contributed by atoms with Gasteiger partial charge in [0.2, 0.25) is 0 Å². The van der Waals surface area contributed by atoms with Crippen molar-refractivity contribution in [3.63, 3.8) is 0 Å². The van der Waals surface area contributed by atoms with Crippen LogP contribution in [0, 0.1) is 6.92 Å². The monoisotopic (exact) mass is 234 g/mol. The number of aromatic nitrogens is 2. The minimum Gasteiger partial charge on any atom is -0.393 e. The van der Waals surface area contributed by atoms with Gasteiger partial charge in [-0.2, -0.15) is 0 Å². The average Bonchev–Trinajstić information content (AvgIpc) is 2.55. The first kappa shape index (κ1) is 10.8. The number of rotatable bonds is 1. The summed E-state index contributed by atoms with van der Waals surface area (Å²) in [6, 6.07) is 0.827. The summed E-state index contributed by atoms with van der Waals surface area (Å²) in [4.78, 5) is 10.7. The van der Waals surface area contributed by atoms with Gasteiger partial charge in [0.15, 0.2) is 0 Å². The van der Waals surface area contributed by atoms with Crippen molar-refractivity contribution < 1.29 is 5.11 Å². The van der Waals surface area contributed by atoms with Crippen LogP contribution in [-0.4, -0.2) is 33.3 Å². The minimum absolute atomic E-state index is 0.150. The molecule has 2 atom stereocenters. The second kappa shape index (κ2) is 3.84. The molecule has 5 nitrogen and oxygen atoms in total. The van der Waals surface area contributed by atoms with Crippen molar-refractivity contribution in [2.24, 2.45) is 0 Å². The Bertz CT molecular complexity index is 423. The smallest absolute Gasteiger partial charge is 0.137 e. The molecule has 2 unspecified atom stereocenters. The van der Waals surface area contributed by atoms with Gasteiger partial charge in [0.1, 0.15) is 18.0 Å². The van der Waals surface area contributed by atoms with Crippen LogP contribution in [0.5, 0.6) is 0 Å². The van der Waals surface area contributed by atoms with Crippen LogP contribution in [0.15, 0.2) is 6.33 Å². The van der Waals surface area contributed by atoms with E-state index in [1.54, 1.807) is 0 Å². The third kappa shape index (κ3) is 1.65. The van der Waals surface area contributed by atoms with E-state index in [1.807, 2.05) is 6.92 Å². The first-order valence-electron chi connectivity index (χ1n) is 6.20. The van der Waals surface area contributed by atoms with Crippen molar-refractivity contribution in [2.45, 2.75) is 50.8 Å². The van der Waals surface area contributed by atoms with Gasteiger partial charge in [0, 0.05) is 17.6 Å². The molecule has 3 N–H and O–H groups in total. The topological polar surface area (TPSA) is 75.3 Å².